The molecule has 27 heavy (non-hydrogen) atoms. The molecule has 2 aromatic heterocycles. The summed E-state index contributed by atoms with van der Waals surface area (Å²) in [6.45, 7) is 0.603. The van der Waals surface area contributed by atoms with Crippen LogP contribution in [0.5, 0.6) is 0 Å². The average Bonchev–Trinajstić information content (AvgIpc) is 2.72. The smallest absolute Gasteiger partial charge is 0.254 e. The summed E-state index contributed by atoms with van der Waals surface area (Å²) in [4.78, 5) is 32.0. The molecule has 0 unspecified atom stereocenters. The second-order valence-electron chi connectivity index (χ2n) is 5.90. The van der Waals surface area contributed by atoms with Crippen LogP contribution in [0, 0.1) is 0 Å². The Morgan fingerprint density at radius 3 is 2.70 bits per heavy atom. The molecule has 2 amide bonds. The maximum atomic E-state index is 11.8. The van der Waals surface area contributed by atoms with Gasteiger partial charge in [-0.3, -0.25) is 14.6 Å². The van der Waals surface area contributed by atoms with Crippen LogP contribution in [0.3, 0.4) is 0 Å². The van der Waals surface area contributed by atoms with E-state index in [9.17, 15) is 9.59 Å². The molecule has 0 aliphatic carbocycles. The number of unbranched alkanes of at least 4 members (excludes halogenated alkanes) is 1. The molecular weight excluding hydrogens is 342 g/mol. The molecule has 0 radical (unpaired) electrons. The van der Waals surface area contributed by atoms with Gasteiger partial charge in [0, 0.05) is 44.8 Å². The fourth-order valence-corrected chi connectivity index (χ4v) is 2.50. The van der Waals surface area contributed by atoms with E-state index in [0.717, 1.165) is 30.5 Å². The van der Waals surface area contributed by atoms with E-state index in [1.54, 1.807) is 38.6 Å². The van der Waals surface area contributed by atoms with Crippen LogP contribution in [-0.4, -0.2) is 42.4 Å². The van der Waals surface area contributed by atoms with Crippen LogP contribution in [0.1, 0.15) is 34.5 Å². The summed E-state index contributed by atoms with van der Waals surface area (Å²) < 4.78 is 0. The number of nitrogens with zero attached hydrogens (tertiary/aromatic N) is 2. The third-order valence-corrected chi connectivity index (χ3v) is 3.93. The van der Waals surface area contributed by atoms with Crippen molar-refractivity contribution in [3.8, 4) is 0 Å². The summed E-state index contributed by atoms with van der Waals surface area (Å²) in [5.41, 5.74) is 2.32. The Morgan fingerprint density at radius 1 is 1.15 bits per heavy atom. The van der Waals surface area contributed by atoms with E-state index in [4.69, 9.17) is 0 Å². The summed E-state index contributed by atoms with van der Waals surface area (Å²) in [6.07, 6.45) is 9.16. The fourth-order valence-electron chi connectivity index (χ4n) is 2.50. The molecule has 7 nitrogen and oxygen atoms in total. The number of carbonyl (C=O) groups is 2. The average molecular weight is 367 g/mol. The Bertz CT molecular complexity index is 790. The molecule has 0 aromatic carbocycles. The quantitative estimate of drug-likeness (QED) is 0.466. The van der Waals surface area contributed by atoms with Crippen molar-refractivity contribution in [1.82, 2.24) is 20.6 Å². The van der Waals surface area contributed by atoms with Gasteiger partial charge in [-0.2, -0.15) is 0 Å². The first-order valence-corrected chi connectivity index (χ1v) is 8.89. The Morgan fingerprint density at radius 2 is 2.00 bits per heavy atom. The normalized spacial score (nSPS) is 10.6. The molecule has 0 aliphatic rings. The molecule has 3 N–H and O–H groups in total. The van der Waals surface area contributed by atoms with Crippen LogP contribution >= 0.6 is 0 Å². The highest BCUT2D eigenvalue weighted by molar-refractivity contribution is 5.98. The van der Waals surface area contributed by atoms with Gasteiger partial charge in [-0.1, -0.05) is 6.07 Å². The lowest BCUT2D eigenvalue weighted by Gasteiger charge is -2.09. The molecule has 2 heterocycles. The second-order valence-corrected chi connectivity index (χ2v) is 5.90. The highest BCUT2D eigenvalue weighted by Gasteiger charge is 2.11. The minimum Gasteiger partial charge on any atom is -0.372 e. The van der Waals surface area contributed by atoms with Crippen molar-refractivity contribution in [3.63, 3.8) is 0 Å². The predicted molar refractivity (Wildman–Crippen MR) is 106 cm³/mol. The number of nitrogens with one attached hydrogen (secondary N) is 3. The maximum absolute atomic E-state index is 11.8. The van der Waals surface area contributed by atoms with Crippen LogP contribution in [0.2, 0.25) is 0 Å². The highest BCUT2D eigenvalue weighted by atomic mass is 16.2. The SMILES string of the molecule is CNC(=O)c1ccc(CCCCNC(=O)C=Cc2cccnc2)nc1NC. The molecular formula is C20H25N5O2. The Kier molecular flexibility index (Phi) is 7.96. The lowest BCUT2D eigenvalue weighted by molar-refractivity contribution is -0.116. The highest BCUT2D eigenvalue weighted by Crippen LogP contribution is 2.14. The first-order valence-electron chi connectivity index (χ1n) is 8.89. The van der Waals surface area contributed by atoms with E-state index in [1.807, 2.05) is 18.2 Å². The molecule has 2 rings (SSSR count). The molecule has 2 aromatic rings. The first kappa shape index (κ1) is 20.1. The molecule has 0 bridgehead atoms. The van der Waals surface area contributed by atoms with E-state index in [-0.39, 0.29) is 11.8 Å². The number of hydrogen-bond donors (Lipinski definition) is 3. The van der Waals surface area contributed by atoms with Gasteiger partial charge in [0.1, 0.15) is 5.82 Å². The van der Waals surface area contributed by atoms with Gasteiger partial charge in [0.05, 0.1) is 5.56 Å². The molecule has 0 atom stereocenters. The number of pyridine rings is 2. The second kappa shape index (κ2) is 10.7. The van der Waals surface area contributed by atoms with E-state index >= 15 is 0 Å². The Labute approximate surface area is 159 Å². The van der Waals surface area contributed by atoms with Gasteiger partial charge in [-0.15, -0.1) is 0 Å². The van der Waals surface area contributed by atoms with Crippen LogP contribution in [0.15, 0.2) is 42.7 Å². The molecule has 0 saturated carbocycles. The van der Waals surface area contributed by atoms with E-state index in [2.05, 4.69) is 25.9 Å². The Hall–Kier alpha value is -3.22. The number of amides is 2. The summed E-state index contributed by atoms with van der Waals surface area (Å²) >= 11 is 0. The summed E-state index contributed by atoms with van der Waals surface area (Å²) in [5, 5.41) is 8.41. The summed E-state index contributed by atoms with van der Waals surface area (Å²) in [7, 11) is 3.34. The van der Waals surface area contributed by atoms with E-state index in [1.165, 1.54) is 6.08 Å². The summed E-state index contributed by atoms with van der Waals surface area (Å²) in [6, 6.07) is 7.35. The fraction of sp³-hybridized carbons (Fsp3) is 0.300. The zero-order valence-electron chi connectivity index (χ0n) is 15.7. The number of anilines is 1. The monoisotopic (exact) mass is 367 g/mol. The minimum absolute atomic E-state index is 0.121. The topological polar surface area (TPSA) is 96.0 Å². The largest absolute Gasteiger partial charge is 0.372 e. The summed E-state index contributed by atoms with van der Waals surface area (Å²) in [5.74, 6) is 0.283. The number of rotatable bonds is 9. The van der Waals surface area contributed by atoms with Crippen LogP contribution in [0.4, 0.5) is 5.82 Å². The maximum Gasteiger partial charge on any atom is 0.254 e. The van der Waals surface area contributed by atoms with Gasteiger partial charge in [-0.05, 0) is 49.1 Å². The predicted octanol–water partition coefficient (Wildman–Crippen LogP) is 2.03. The van der Waals surface area contributed by atoms with Crippen LogP contribution < -0.4 is 16.0 Å². The van der Waals surface area contributed by atoms with Gasteiger partial charge in [-0.25, -0.2) is 4.98 Å². The van der Waals surface area contributed by atoms with Gasteiger partial charge >= 0.3 is 0 Å². The molecule has 7 heteroatoms. The third kappa shape index (κ3) is 6.54. The number of aryl methyl sites for hydroxylation is 1. The zero-order chi connectivity index (χ0) is 19.5. The molecule has 0 saturated heterocycles. The zero-order valence-corrected chi connectivity index (χ0v) is 15.7. The van der Waals surface area contributed by atoms with Crippen molar-refractivity contribution in [2.24, 2.45) is 0 Å². The van der Waals surface area contributed by atoms with Gasteiger partial charge in [0.15, 0.2) is 0 Å². The molecule has 0 spiro atoms. The van der Waals surface area contributed by atoms with E-state index in [0.29, 0.717) is 17.9 Å². The Balaban J connectivity index is 1.73. The van der Waals surface area contributed by atoms with Crippen LogP contribution in [-0.2, 0) is 11.2 Å². The number of carbonyl (C=O) groups excluding carboxylic acids is 2. The standard InChI is InChI=1S/C20H25N5O2/c1-21-19-17(20(27)22-2)10-9-16(25-19)7-3-4-13-24-18(26)11-8-15-6-5-12-23-14-15/h5-6,8-12,14H,3-4,7,13H2,1-2H3,(H,21,25)(H,22,27)(H,24,26). The van der Waals surface area contributed by atoms with Crippen molar-refractivity contribution in [1.29, 1.82) is 0 Å². The third-order valence-electron chi connectivity index (χ3n) is 3.93. The first-order chi connectivity index (χ1) is 13.1. The lowest BCUT2D eigenvalue weighted by Crippen LogP contribution is -2.22. The number of hydrogen-bond acceptors (Lipinski definition) is 5. The van der Waals surface area contributed by atoms with E-state index < -0.39 is 0 Å². The number of aromatic nitrogens is 2. The van der Waals surface area contributed by atoms with Gasteiger partial charge in [0.2, 0.25) is 5.91 Å². The van der Waals surface area contributed by atoms with Gasteiger partial charge in [0.25, 0.3) is 5.91 Å². The van der Waals surface area contributed by atoms with Crippen molar-refractivity contribution < 1.29 is 9.59 Å². The lowest BCUT2D eigenvalue weighted by atomic mass is 10.1. The molecule has 142 valence electrons. The van der Waals surface area contributed by atoms with Crippen LogP contribution in [0.25, 0.3) is 6.08 Å². The van der Waals surface area contributed by atoms with Crippen molar-refractivity contribution in [2.75, 3.05) is 26.0 Å². The van der Waals surface area contributed by atoms with Crippen molar-refractivity contribution in [3.05, 3.63) is 59.6 Å². The van der Waals surface area contributed by atoms with Crippen molar-refractivity contribution >= 4 is 23.7 Å². The molecule has 0 aliphatic heterocycles. The van der Waals surface area contributed by atoms with Gasteiger partial charge < -0.3 is 16.0 Å². The molecule has 0 fully saturated rings. The van der Waals surface area contributed by atoms with Crippen molar-refractivity contribution in [2.45, 2.75) is 19.3 Å². The minimum atomic E-state index is -0.166.